The van der Waals surface area contributed by atoms with E-state index in [1.807, 2.05) is 29.7 Å². The molecule has 3 aromatic rings. The van der Waals surface area contributed by atoms with E-state index in [4.69, 9.17) is 9.47 Å². The molecule has 3 rings (SSSR count). The van der Waals surface area contributed by atoms with Crippen LogP contribution < -0.4 is 9.47 Å². The van der Waals surface area contributed by atoms with Gasteiger partial charge in [0.15, 0.2) is 11.6 Å². The average Bonchev–Trinajstić information content (AvgIpc) is 2.93. The number of hydrogen-bond donors (Lipinski definition) is 0. The number of benzene rings is 2. The number of aromatic nitrogens is 1. The van der Waals surface area contributed by atoms with Crippen LogP contribution in [-0.2, 0) is 6.54 Å². The lowest BCUT2D eigenvalue weighted by Crippen LogP contribution is -1.99. The summed E-state index contributed by atoms with van der Waals surface area (Å²) in [6, 6.07) is 12.6. The van der Waals surface area contributed by atoms with Gasteiger partial charge < -0.3 is 14.0 Å². The molecule has 0 saturated heterocycles. The summed E-state index contributed by atoms with van der Waals surface area (Å²) in [5, 5.41) is 10.5. The van der Waals surface area contributed by atoms with E-state index in [-0.39, 0.29) is 5.75 Å². The molecule has 0 unspecified atom stereocenters. The van der Waals surface area contributed by atoms with Crippen LogP contribution in [0, 0.1) is 17.1 Å². The van der Waals surface area contributed by atoms with Gasteiger partial charge in [-0.1, -0.05) is 0 Å². The van der Waals surface area contributed by atoms with E-state index >= 15 is 0 Å². The lowest BCUT2D eigenvalue weighted by molar-refractivity contribution is 0.386. The van der Waals surface area contributed by atoms with Crippen molar-refractivity contribution in [2.45, 2.75) is 13.5 Å². The first-order valence-electron chi connectivity index (χ1n) is 7.58. The van der Waals surface area contributed by atoms with Crippen molar-refractivity contribution >= 4 is 10.9 Å². The molecule has 0 atom stereocenters. The normalized spacial score (nSPS) is 10.6. The predicted molar refractivity (Wildman–Crippen MR) is 90.8 cm³/mol. The van der Waals surface area contributed by atoms with Crippen molar-refractivity contribution in [3.05, 3.63) is 47.8 Å². The van der Waals surface area contributed by atoms with Crippen LogP contribution in [0.25, 0.3) is 22.2 Å². The molecule has 0 fully saturated rings. The molecule has 24 heavy (non-hydrogen) atoms. The highest BCUT2D eigenvalue weighted by molar-refractivity contribution is 5.95. The van der Waals surface area contributed by atoms with E-state index in [1.54, 1.807) is 19.2 Å². The van der Waals surface area contributed by atoms with Gasteiger partial charge in [-0.3, -0.25) is 0 Å². The van der Waals surface area contributed by atoms with Crippen LogP contribution in [0.5, 0.6) is 11.5 Å². The van der Waals surface area contributed by atoms with Crippen molar-refractivity contribution < 1.29 is 13.9 Å². The summed E-state index contributed by atoms with van der Waals surface area (Å²) < 4.78 is 26.4. The van der Waals surface area contributed by atoms with Crippen LogP contribution in [0.3, 0.4) is 0 Å². The molecule has 0 aliphatic heterocycles. The maximum absolute atomic E-state index is 14.1. The number of aryl methyl sites for hydroxylation is 1. The summed E-state index contributed by atoms with van der Waals surface area (Å²) in [7, 11) is 3.03. The molecule has 122 valence electrons. The van der Waals surface area contributed by atoms with Crippen molar-refractivity contribution in [2.24, 2.45) is 0 Å². The molecular weight excluding hydrogens is 307 g/mol. The van der Waals surface area contributed by atoms with Crippen LogP contribution in [0.2, 0.25) is 0 Å². The Bertz CT molecular complexity index is 954. The minimum Gasteiger partial charge on any atom is -0.497 e. The Labute approximate surface area is 139 Å². The molecule has 0 spiro atoms. The van der Waals surface area contributed by atoms with Crippen LogP contribution in [-0.4, -0.2) is 18.8 Å². The summed E-state index contributed by atoms with van der Waals surface area (Å²) in [5.74, 6) is 0.439. The molecule has 0 amide bonds. The van der Waals surface area contributed by atoms with E-state index in [0.29, 0.717) is 29.1 Å². The van der Waals surface area contributed by atoms with Crippen LogP contribution in [0.1, 0.15) is 12.5 Å². The topological polar surface area (TPSA) is 47.2 Å². The summed E-state index contributed by atoms with van der Waals surface area (Å²) in [4.78, 5) is 0. The van der Waals surface area contributed by atoms with Crippen LogP contribution in [0.4, 0.5) is 4.39 Å². The Hall–Kier alpha value is -3.00. The Kier molecular flexibility index (Phi) is 4.13. The highest BCUT2D eigenvalue weighted by Crippen LogP contribution is 2.36. The molecule has 0 aliphatic carbocycles. The SMILES string of the molecule is CCn1c(-c2ccc(OC)c(F)c2)c(C#N)c2ccc(OC)cc21. The standard InChI is InChI=1S/C19H17FN2O2/c1-4-22-17-10-13(23-2)6-7-14(17)15(11-21)19(22)12-5-8-18(24-3)16(20)9-12/h5-10H,4H2,1-3H3. The summed E-state index contributed by atoms with van der Waals surface area (Å²) in [5.41, 5.74) is 2.75. The smallest absolute Gasteiger partial charge is 0.165 e. The number of rotatable bonds is 4. The fourth-order valence-corrected chi connectivity index (χ4v) is 3.01. The van der Waals surface area contributed by atoms with Gasteiger partial charge in [-0.15, -0.1) is 0 Å². The number of nitrogens with zero attached hydrogens (tertiary/aromatic N) is 2. The fourth-order valence-electron chi connectivity index (χ4n) is 3.01. The molecule has 5 heteroatoms. The first-order chi connectivity index (χ1) is 11.6. The third kappa shape index (κ3) is 2.37. The summed E-state index contributed by atoms with van der Waals surface area (Å²) in [6.07, 6.45) is 0. The lowest BCUT2D eigenvalue weighted by atomic mass is 10.1. The van der Waals surface area contributed by atoms with Gasteiger partial charge in [0, 0.05) is 23.6 Å². The Balaban J connectivity index is 2.34. The molecular formula is C19H17FN2O2. The molecule has 0 N–H and O–H groups in total. The monoisotopic (exact) mass is 324 g/mol. The van der Waals surface area contributed by atoms with Gasteiger partial charge in [0.05, 0.1) is 31.0 Å². The van der Waals surface area contributed by atoms with Gasteiger partial charge >= 0.3 is 0 Å². The maximum Gasteiger partial charge on any atom is 0.165 e. The number of fused-ring (bicyclic) bond motifs is 1. The van der Waals surface area contributed by atoms with Crippen LogP contribution in [0.15, 0.2) is 36.4 Å². The number of hydrogen-bond acceptors (Lipinski definition) is 3. The van der Waals surface area contributed by atoms with Crippen LogP contribution >= 0.6 is 0 Å². The average molecular weight is 324 g/mol. The third-order valence-corrected chi connectivity index (χ3v) is 4.13. The zero-order valence-electron chi connectivity index (χ0n) is 13.8. The Morgan fingerprint density at radius 2 is 1.92 bits per heavy atom. The van der Waals surface area contributed by atoms with Gasteiger partial charge in [0.2, 0.25) is 0 Å². The van der Waals surface area contributed by atoms with E-state index in [2.05, 4.69) is 6.07 Å². The largest absolute Gasteiger partial charge is 0.497 e. The van der Waals surface area contributed by atoms with E-state index in [0.717, 1.165) is 10.9 Å². The Morgan fingerprint density at radius 1 is 1.12 bits per heavy atom. The minimum absolute atomic E-state index is 0.179. The molecule has 4 nitrogen and oxygen atoms in total. The highest BCUT2D eigenvalue weighted by Gasteiger charge is 2.19. The van der Waals surface area contributed by atoms with Crippen molar-refractivity contribution in [2.75, 3.05) is 14.2 Å². The molecule has 1 aromatic heterocycles. The second-order valence-corrected chi connectivity index (χ2v) is 5.31. The van der Waals surface area contributed by atoms with E-state index < -0.39 is 5.82 Å². The molecule has 0 aliphatic rings. The predicted octanol–water partition coefficient (Wildman–Crippen LogP) is 4.36. The number of methoxy groups -OCH3 is 2. The second kappa shape index (κ2) is 6.25. The summed E-state index contributed by atoms with van der Waals surface area (Å²) >= 11 is 0. The van der Waals surface area contributed by atoms with Gasteiger partial charge in [0.25, 0.3) is 0 Å². The fraction of sp³-hybridized carbons (Fsp3) is 0.211. The van der Waals surface area contributed by atoms with Crippen molar-refractivity contribution in [1.29, 1.82) is 5.26 Å². The Morgan fingerprint density at radius 3 is 2.50 bits per heavy atom. The van der Waals surface area contributed by atoms with Gasteiger partial charge in [0.1, 0.15) is 11.8 Å². The highest BCUT2D eigenvalue weighted by atomic mass is 19.1. The molecule has 0 radical (unpaired) electrons. The van der Waals surface area contributed by atoms with Gasteiger partial charge in [-0.25, -0.2) is 4.39 Å². The number of nitriles is 1. The minimum atomic E-state index is -0.454. The zero-order valence-corrected chi connectivity index (χ0v) is 13.8. The quantitative estimate of drug-likeness (QED) is 0.716. The second-order valence-electron chi connectivity index (χ2n) is 5.31. The molecule has 1 heterocycles. The molecule has 0 saturated carbocycles. The van der Waals surface area contributed by atoms with E-state index in [9.17, 15) is 9.65 Å². The number of halogens is 1. The first kappa shape index (κ1) is 15.9. The van der Waals surface area contributed by atoms with E-state index in [1.165, 1.54) is 13.2 Å². The molecule has 0 bridgehead atoms. The van der Waals surface area contributed by atoms with Gasteiger partial charge in [-0.05, 0) is 37.3 Å². The first-order valence-corrected chi connectivity index (χ1v) is 7.58. The zero-order chi connectivity index (χ0) is 17.3. The third-order valence-electron chi connectivity index (χ3n) is 4.13. The van der Waals surface area contributed by atoms with Crippen molar-refractivity contribution in [3.8, 4) is 28.8 Å². The molecule has 2 aromatic carbocycles. The van der Waals surface area contributed by atoms with Gasteiger partial charge in [-0.2, -0.15) is 5.26 Å². The van der Waals surface area contributed by atoms with Crippen molar-refractivity contribution in [1.82, 2.24) is 4.57 Å². The number of ether oxygens (including phenoxy) is 2. The maximum atomic E-state index is 14.1. The van der Waals surface area contributed by atoms with Crippen molar-refractivity contribution in [3.63, 3.8) is 0 Å². The lowest BCUT2D eigenvalue weighted by Gasteiger charge is -2.10. The summed E-state index contributed by atoms with van der Waals surface area (Å²) in [6.45, 7) is 2.64.